The molecular weight excluding hydrogens is 608 g/mol. The van der Waals surface area contributed by atoms with E-state index in [1.807, 2.05) is 60.7 Å². The van der Waals surface area contributed by atoms with Crippen molar-refractivity contribution in [2.75, 3.05) is 41.7 Å². The van der Waals surface area contributed by atoms with Gasteiger partial charge >= 0.3 is 0 Å². The Morgan fingerprint density at radius 1 is 0.500 bits per heavy atom. The molecule has 1 aliphatic rings. The normalized spacial score (nSPS) is 12.8. The molecule has 0 fully saturated rings. The molecule has 4 aromatic rings. The number of fused-ring (bicyclic) bond motifs is 8. The van der Waals surface area contributed by atoms with Crippen LogP contribution in [0.5, 0.6) is 23.0 Å². The lowest BCUT2D eigenvalue weighted by Crippen LogP contribution is -2.10. The van der Waals surface area contributed by atoms with Crippen molar-refractivity contribution in [2.45, 2.75) is 65.0 Å². The van der Waals surface area contributed by atoms with Gasteiger partial charge < -0.3 is 38.6 Å². The molecule has 1 aliphatic carbocycles. The second kappa shape index (κ2) is 16.3. The van der Waals surface area contributed by atoms with E-state index < -0.39 is 12.6 Å². The fourth-order valence-corrected chi connectivity index (χ4v) is 6.55. The van der Waals surface area contributed by atoms with Crippen LogP contribution in [0.4, 0.5) is 0 Å². The number of phenols is 2. The summed E-state index contributed by atoms with van der Waals surface area (Å²) in [6, 6.07) is 19.9. The van der Waals surface area contributed by atoms with Gasteiger partial charge in [-0.2, -0.15) is 0 Å². The molecule has 2 N–H and O–H groups in total. The summed E-state index contributed by atoms with van der Waals surface area (Å²) in [7, 11) is 6.43. The van der Waals surface area contributed by atoms with Crippen LogP contribution in [0.3, 0.4) is 0 Å². The molecule has 8 bridgehead atoms. The van der Waals surface area contributed by atoms with Crippen molar-refractivity contribution < 1.29 is 38.6 Å². The van der Waals surface area contributed by atoms with Crippen LogP contribution >= 0.6 is 0 Å². The number of aromatic hydroxyl groups is 2. The summed E-state index contributed by atoms with van der Waals surface area (Å²) in [5.74, 6) is 1.92. The Balaban J connectivity index is 1.80. The van der Waals surface area contributed by atoms with Crippen LogP contribution in [0.2, 0.25) is 0 Å². The summed E-state index contributed by atoms with van der Waals surface area (Å²) in [6.45, 7) is 5.20. The molecule has 8 heteroatoms. The summed E-state index contributed by atoms with van der Waals surface area (Å²) in [5, 5.41) is 23.7. The number of para-hydroxylation sites is 2. The molecule has 0 amide bonds. The van der Waals surface area contributed by atoms with Crippen LogP contribution in [-0.2, 0) is 44.6 Å². The molecule has 5 rings (SSSR count). The number of hydrogen-bond acceptors (Lipinski definition) is 8. The van der Waals surface area contributed by atoms with Crippen molar-refractivity contribution in [3.8, 4) is 23.0 Å². The van der Waals surface area contributed by atoms with E-state index in [1.165, 1.54) is 0 Å². The summed E-state index contributed by atoms with van der Waals surface area (Å²) >= 11 is 0. The molecule has 0 saturated heterocycles. The predicted octanol–water partition coefficient (Wildman–Crippen LogP) is 7.93. The van der Waals surface area contributed by atoms with Gasteiger partial charge in [-0.3, -0.25) is 0 Å². The molecule has 0 spiro atoms. The summed E-state index contributed by atoms with van der Waals surface area (Å²) in [6.07, 6.45) is 2.08. The van der Waals surface area contributed by atoms with Crippen molar-refractivity contribution in [1.29, 1.82) is 0 Å². The maximum atomic E-state index is 11.9. The van der Waals surface area contributed by atoms with E-state index in [0.29, 0.717) is 38.9 Å². The fraction of sp³-hybridized carbons (Fsp3) is 0.400. The van der Waals surface area contributed by atoms with E-state index in [0.717, 1.165) is 80.0 Å². The molecule has 256 valence electrons. The first kappa shape index (κ1) is 35.2. The van der Waals surface area contributed by atoms with Gasteiger partial charge in [-0.25, -0.2) is 0 Å². The third kappa shape index (κ3) is 7.63. The van der Waals surface area contributed by atoms with Crippen molar-refractivity contribution >= 4 is 0 Å². The molecular formula is C40H48O8. The van der Waals surface area contributed by atoms with Gasteiger partial charge in [-0.15, -0.1) is 0 Å². The van der Waals surface area contributed by atoms with Crippen LogP contribution in [-0.4, -0.2) is 51.9 Å². The molecule has 0 aromatic heterocycles. The molecule has 0 aliphatic heterocycles. The van der Waals surface area contributed by atoms with Gasteiger partial charge in [0.15, 0.2) is 12.6 Å². The summed E-state index contributed by atoms with van der Waals surface area (Å²) < 4.78 is 35.5. The highest BCUT2D eigenvalue weighted by Gasteiger charge is 2.24. The first-order chi connectivity index (χ1) is 23.3. The Kier molecular flexibility index (Phi) is 12.0. The molecule has 48 heavy (non-hydrogen) atoms. The molecule has 0 unspecified atom stereocenters. The Hall–Kier alpha value is -4.08. The van der Waals surface area contributed by atoms with Crippen LogP contribution in [0.25, 0.3) is 0 Å². The number of methoxy groups -OCH3 is 4. The van der Waals surface area contributed by atoms with Gasteiger partial charge in [0.05, 0.1) is 13.2 Å². The minimum atomic E-state index is -0.608. The van der Waals surface area contributed by atoms with Crippen LogP contribution in [0.1, 0.15) is 94.9 Å². The molecule has 0 heterocycles. The number of ether oxygens (including phenoxy) is 6. The first-order valence-corrected chi connectivity index (χ1v) is 16.6. The SMILES string of the molecule is CCCOc1c2cccc1Cc1cc(C(OC)OC)cc(c1O)Cc1cccc(c1OCCC)Cc1cc(C(OC)OC)cc(c1O)C2. The predicted molar refractivity (Wildman–Crippen MR) is 185 cm³/mol. The smallest absolute Gasteiger partial charge is 0.183 e. The highest BCUT2D eigenvalue weighted by Crippen LogP contribution is 2.40. The largest absolute Gasteiger partial charge is 0.507 e. The Morgan fingerprint density at radius 3 is 1.04 bits per heavy atom. The third-order valence-corrected chi connectivity index (χ3v) is 8.76. The quantitative estimate of drug-likeness (QED) is 0.131. The van der Waals surface area contributed by atoms with E-state index in [4.69, 9.17) is 28.4 Å². The maximum Gasteiger partial charge on any atom is 0.183 e. The van der Waals surface area contributed by atoms with Gasteiger partial charge in [0, 0.05) is 65.2 Å². The summed E-state index contributed by atoms with van der Waals surface area (Å²) in [5.41, 5.74) is 8.24. The van der Waals surface area contributed by atoms with Gasteiger partial charge in [-0.1, -0.05) is 50.2 Å². The number of benzene rings is 4. The van der Waals surface area contributed by atoms with Crippen molar-refractivity contribution in [3.63, 3.8) is 0 Å². The standard InChI is InChI=1S/C40H48O8/c1-7-15-47-37-25-11-9-12-26(37)18-30-22-34(40(45-5)46-6)24-32(36(30)42)20-28-14-10-13-27(38(28)48-16-8-2)19-31-23-33(39(43-3)44-4)21-29(17-25)35(31)41/h9-14,21-24,39-42H,7-8,15-20H2,1-6H3. The fourth-order valence-electron chi connectivity index (χ4n) is 6.55. The average molecular weight is 657 g/mol. The molecule has 0 radical (unpaired) electrons. The number of hydrogen-bond donors (Lipinski definition) is 2. The highest BCUT2D eigenvalue weighted by atomic mass is 16.7. The van der Waals surface area contributed by atoms with Gasteiger partial charge in [0.1, 0.15) is 23.0 Å². The monoisotopic (exact) mass is 656 g/mol. The summed E-state index contributed by atoms with van der Waals surface area (Å²) in [4.78, 5) is 0. The van der Waals surface area contributed by atoms with E-state index in [-0.39, 0.29) is 11.5 Å². The molecule has 4 aromatic carbocycles. The van der Waals surface area contributed by atoms with Gasteiger partial charge in [0.2, 0.25) is 0 Å². The number of rotatable bonds is 12. The zero-order valence-electron chi connectivity index (χ0n) is 28.9. The molecule has 0 saturated carbocycles. The van der Waals surface area contributed by atoms with Crippen molar-refractivity contribution in [2.24, 2.45) is 0 Å². The first-order valence-electron chi connectivity index (χ1n) is 16.6. The Morgan fingerprint density at radius 2 is 0.792 bits per heavy atom. The van der Waals surface area contributed by atoms with Gasteiger partial charge in [-0.05, 0) is 81.6 Å². The van der Waals surface area contributed by atoms with Crippen LogP contribution in [0, 0.1) is 0 Å². The number of phenolic OH excluding ortho intramolecular Hbond substituents is 2. The van der Waals surface area contributed by atoms with Gasteiger partial charge in [0.25, 0.3) is 0 Å². The molecule has 8 nitrogen and oxygen atoms in total. The Bertz CT molecular complexity index is 1470. The minimum Gasteiger partial charge on any atom is -0.507 e. The Labute approximate surface area is 284 Å². The average Bonchev–Trinajstić information content (AvgIpc) is 3.08. The second-order valence-corrected chi connectivity index (χ2v) is 12.2. The van der Waals surface area contributed by atoms with E-state index in [9.17, 15) is 10.2 Å². The van der Waals surface area contributed by atoms with E-state index in [2.05, 4.69) is 13.8 Å². The topological polar surface area (TPSA) is 95.8 Å². The van der Waals surface area contributed by atoms with Crippen molar-refractivity contribution in [1.82, 2.24) is 0 Å². The lowest BCUT2D eigenvalue weighted by atomic mass is 9.89. The zero-order chi connectivity index (χ0) is 34.2. The van der Waals surface area contributed by atoms with Crippen molar-refractivity contribution in [3.05, 3.63) is 116 Å². The minimum absolute atomic E-state index is 0.216. The second-order valence-electron chi connectivity index (χ2n) is 12.2. The lowest BCUT2D eigenvalue weighted by Gasteiger charge is -2.23. The maximum absolute atomic E-state index is 11.9. The zero-order valence-corrected chi connectivity index (χ0v) is 28.9. The molecule has 0 atom stereocenters. The van der Waals surface area contributed by atoms with E-state index >= 15 is 0 Å². The van der Waals surface area contributed by atoms with Crippen LogP contribution < -0.4 is 9.47 Å². The third-order valence-electron chi connectivity index (χ3n) is 8.76. The van der Waals surface area contributed by atoms with Crippen LogP contribution in [0.15, 0.2) is 60.7 Å². The lowest BCUT2D eigenvalue weighted by molar-refractivity contribution is -0.106. The van der Waals surface area contributed by atoms with E-state index in [1.54, 1.807) is 28.4 Å². The highest BCUT2D eigenvalue weighted by molar-refractivity contribution is 5.57.